The lowest BCUT2D eigenvalue weighted by atomic mass is 9.86. The first-order valence-electron chi connectivity index (χ1n) is 19.8. The van der Waals surface area contributed by atoms with Crippen molar-refractivity contribution >= 4 is 33.9 Å². The molecule has 1 unspecified atom stereocenters. The zero-order valence-corrected chi connectivity index (χ0v) is 33.3. The minimum Gasteiger partial charge on any atom is -0.508 e. The Bertz CT molecular complexity index is 3000. The molecular formula is C45H42N6O9. The Morgan fingerprint density at radius 1 is 1.00 bits per heavy atom. The largest absolute Gasteiger partial charge is 0.508 e. The van der Waals surface area contributed by atoms with Crippen molar-refractivity contribution in [2.45, 2.75) is 71.8 Å². The van der Waals surface area contributed by atoms with Crippen molar-refractivity contribution in [3.8, 4) is 51.6 Å². The van der Waals surface area contributed by atoms with Crippen molar-refractivity contribution in [2.24, 2.45) is 0 Å². The molecule has 2 aliphatic rings. The van der Waals surface area contributed by atoms with Crippen molar-refractivity contribution in [1.29, 1.82) is 0 Å². The van der Waals surface area contributed by atoms with Gasteiger partial charge in [-0.25, -0.2) is 19.6 Å². The maximum absolute atomic E-state index is 13.7. The van der Waals surface area contributed by atoms with Gasteiger partial charge >= 0.3 is 12.1 Å². The molecule has 9 rings (SSSR count). The number of carbonyl (C=O) groups excluding carboxylic acids is 2. The van der Waals surface area contributed by atoms with Crippen molar-refractivity contribution in [3.05, 3.63) is 111 Å². The van der Waals surface area contributed by atoms with E-state index >= 15 is 0 Å². The highest BCUT2D eigenvalue weighted by molar-refractivity contribution is 5.90. The summed E-state index contributed by atoms with van der Waals surface area (Å²) in [7, 11) is 0. The average Bonchev–Trinajstić information content (AvgIpc) is 3.93. The number of hydrogen-bond acceptors (Lipinski definition) is 11. The average molecular weight is 811 g/mol. The first-order chi connectivity index (χ1) is 28.8. The number of aliphatic hydroxyl groups is 1. The summed E-state index contributed by atoms with van der Waals surface area (Å²) in [4.78, 5) is 48.6. The van der Waals surface area contributed by atoms with Crippen molar-refractivity contribution in [1.82, 2.24) is 29.0 Å². The first-order valence-corrected chi connectivity index (χ1v) is 19.8. The first kappa shape index (κ1) is 38.4. The summed E-state index contributed by atoms with van der Waals surface area (Å²) in [5.41, 5.74) is 4.35. The molecule has 0 fully saturated rings. The van der Waals surface area contributed by atoms with Crippen LogP contribution in [0, 0.1) is 0 Å². The van der Waals surface area contributed by atoms with Gasteiger partial charge in [0.1, 0.15) is 23.9 Å². The lowest BCUT2D eigenvalue weighted by Crippen LogP contribution is -2.44. The van der Waals surface area contributed by atoms with Gasteiger partial charge in [0.25, 0.3) is 5.56 Å². The number of carbonyl (C=O) groups is 2. The van der Waals surface area contributed by atoms with E-state index in [0.717, 1.165) is 27.4 Å². The molecule has 7 aromatic rings. The Labute approximate surface area is 342 Å². The second-order valence-corrected chi connectivity index (χ2v) is 15.5. The summed E-state index contributed by atoms with van der Waals surface area (Å²) in [6, 6.07) is 17.4. The summed E-state index contributed by atoms with van der Waals surface area (Å²) >= 11 is 0. The van der Waals surface area contributed by atoms with Gasteiger partial charge in [-0.15, -0.1) is 0 Å². The summed E-state index contributed by atoms with van der Waals surface area (Å²) in [5.74, 6) is -0.451. The number of phenolic OH excluding ortho intramolecular Hbond substituents is 2. The Balaban J connectivity index is 0.906. The Morgan fingerprint density at radius 3 is 2.58 bits per heavy atom. The standard InChI is InChI=1S/C45H42N6O9/c1-5-27-29-16-26(8-9-34(29)48-40-31(27)21-50-36(40)18-33-32(42(50)55)22-59-43(56)45(33,58)6-2)60-44(57)46-12-14-49-13-11-24-15-25(7-10-35(24)49)51-39(54)20-47-41(51)30-17-28(23(3)4)37(52)19-38(30)53/h7-11,13,15-20,23,52-54,58H,5-6,12,14,21-22H2,1-4H3,(H,46,57). The van der Waals surface area contributed by atoms with Gasteiger partial charge in [-0.1, -0.05) is 27.7 Å². The van der Waals surface area contributed by atoms with Gasteiger partial charge < -0.3 is 44.4 Å². The van der Waals surface area contributed by atoms with Gasteiger partial charge in [0.05, 0.1) is 46.5 Å². The summed E-state index contributed by atoms with van der Waals surface area (Å²) in [6.45, 7) is 8.29. The second kappa shape index (κ2) is 14.3. The fraction of sp³-hybridized carbons (Fsp3) is 0.267. The number of nitrogens with zero attached hydrogens (tertiary/aromatic N) is 5. The molecule has 6 heterocycles. The topological polar surface area (TPSA) is 203 Å². The van der Waals surface area contributed by atoms with Crippen LogP contribution in [-0.4, -0.2) is 62.7 Å². The van der Waals surface area contributed by atoms with Crippen LogP contribution in [0.25, 0.3) is 50.3 Å². The third-order valence-electron chi connectivity index (χ3n) is 11.7. The second-order valence-electron chi connectivity index (χ2n) is 15.5. The van der Waals surface area contributed by atoms with E-state index in [4.69, 9.17) is 14.5 Å². The minimum absolute atomic E-state index is 0.0133. The predicted octanol–water partition coefficient (Wildman–Crippen LogP) is 6.48. The number of fused-ring (bicyclic) bond motifs is 6. The summed E-state index contributed by atoms with van der Waals surface area (Å²) in [6.07, 6.45) is 3.24. The lowest BCUT2D eigenvalue weighted by molar-refractivity contribution is -0.172. The Hall–Kier alpha value is -7.13. The van der Waals surface area contributed by atoms with Crippen molar-refractivity contribution in [2.75, 3.05) is 6.54 Å². The predicted molar refractivity (Wildman–Crippen MR) is 222 cm³/mol. The zero-order valence-electron chi connectivity index (χ0n) is 33.3. The van der Waals surface area contributed by atoms with Gasteiger partial charge in [0.15, 0.2) is 11.4 Å². The number of phenols is 2. The number of aryl methyl sites for hydroxylation is 1. The third-order valence-corrected chi connectivity index (χ3v) is 11.7. The van der Waals surface area contributed by atoms with Crippen LogP contribution in [0.3, 0.4) is 0 Å². The number of imidazole rings is 1. The molecule has 15 heteroatoms. The quantitative estimate of drug-likeness (QED) is 0.0999. The van der Waals surface area contributed by atoms with Crippen molar-refractivity contribution in [3.63, 3.8) is 0 Å². The molecule has 1 amide bonds. The Kier molecular flexibility index (Phi) is 9.15. The molecule has 4 aromatic heterocycles. The number of hydrogen-bond donors (Lipinski definition) is 5. The van der Waals surface area contributed by atoms with E-state index < -0.39 is 17.7 Å². The number of amides is 1. The van der Waals surface area contributed by atoms with Crippen LogP contribution in [0.1, 0.15) is 67.9 Å². The number of aromatic nitrogens is 5. The van der Waals surface area contributed by atoms with Crippen LogP contribution in [0.4, 0.5) is 4.79 Å². The third kappa shape index (κ3) is 6.03. The molecule has 5 N–H and O–H groups in total. The number of aromatic hydroxyl groups is 3. The number of benzene rings is 3. The lowest BCUT2D eigenvalue weighted by Gasteiger charge is -2.31. The number of pyridine rings is 2. The number of ether oxygens (including phenoxy) is 2. The zero-order chi connectivity index (χ0) is 42.2. The van der Waals surface area contributed by atoms with E-state index in [1.54, 1.807) is 41.8 Å². The fourth-order valence-electron chi connectivity index (χ4n) is 8.57. The molecule has 306 valence electrons. The van der Waals surface area contributed by atoms with E-state index in [-0.39, 0.29) is 66.1 Å². The molecule has 3 aromatic carbocycles. The van der Waals surface area contributed by atoms with Gasteiger partial charge in [0.2, 0.25) is 5.88 Å². The normalized spacial score (nSPS) is 15.6. The van der Waals surface area contributed by atoms with Crippen LogP contribution in [0.2, 0.25) is 0 Å². The monoisotopic (exact) mass is 810 g/mol. The van der Waals surface area contributed by atoms with Crippen LogP contribution >= 0.6 is 0 Å². The van der Waals surface area contributed by atoms with Gasteiger partial charge in [0, 0.05) is 52.8 Å². The molecule has 0 aliphatic carbocycles. The van der Waals surface area contributed by atoms with E-state index in [0.29, 0.717) is 58.3 Å². The number of rotatable bonds is 9. The number of cyclic esters (lactones) is 1. The molecule has 60 heavy (non-hydrogen) atoms. The molecule has 0 saturated heterocycles. The van der Waals surface area contributed by atoms with Crippen LogP contribution in [0.5, 0.6) is 23.1 Å². The van der Waals surface area contributed by atoms with E-state index in [2.05, 4.69) is 10.3 Å². The van der Waals surface area contributed by atoms with Gasteiger partial charge in [-0.2, -0.15) is 0 Å². The summed E-state index contributed by atoms with van der Waals surface area (Å²) < 4.78 is 16.0. The highest BCUT2D eigenvalue weighted by Gasteiger charge is 2.45. The number of nitrogens with one attached hydrogen (secondary N) is 1. The SMILES string of the molecule is CCc1c2c(nc3ccc(OC(=O)NCCn4ccc5cc(-n6c(O)cnc6-c6cc(C(C)C)c(O)cc6O)ccc54)cc13)-c1cc3c(c(=O)n1C2)COC(=O)C3(O)CC. The highest BCUT2D eigenvalue weighted by Crippen LogP contribution is 2.42. The summed E-state index contributed by atoms with van der Waals surface area (Å²) in [5, 5.41) is 47.6. The highest BCUT2D eigenvalue weighted by atomic mass is 16.6. The Morgan fingerprint density at radius 2 is 1.82 bits per heavy atom. The van der Waals surface area contributed by atoms with E-state index in [1.807, 2.05) is 55.8 Å². The molecule has 0 saturated carbocycles. The smallest absolute Gasteiger partial charge is 0.412 e. The van der Waals surface area contributed by atoms with Crippen LogP contribution in [-0.2, 0) is 41.2 Å². The van der Waals surface area contributed by atoms with Gasteiger partial charge in [-0.05, 0) is 84.5 Å². The maximum atomic E-state index is 13.7. The molecule has 1 atom stereocenters. The molecule has 0 spiro atoms. The fourth-order valence-corrected chi connectivity index (χ4v) is 8.57. The number of esters is 1. The van der Waals surface area contributed by atoms with Crippen LogP contribution in [0.15, 0.2) is 77.9 Å². The van der Waals surface area contributed by atoms with E-state index in [1.165, 1.54) is 16.8 Å². The van der Waals surface area contributed by atoms with Crippen LogP contribution < -0.4 is 15.6 Å². The van der Waals surface area contributed by atoms with E-state index in [9.17, 15) is 34.8 Å². The molecule has 15 nitrogen and oxygen atoms in total. The molecule has 0 radical (unpaired) electrons. The molecular weight excluding hydrogens is 769 g/mol. The minimum atomic E-state index is -1.91. The van der Waals surface area contributed by atoms with Gasteiger partial charge in [-0.3, -0.25) is 9.36 Å². The van der Waals surface area contributed by atoms with Crippen molar-refractivity contribution < 1.29 is 39.5 Å². The molecule has 2 aliphatic heterocycles. The maximum Gasteiger partial charge on any atom is 0.412 e. The molecule has 0 bridgehead atoms.